The molecule has 2 aliphatic heterocycles. The van der Waals surface area contributed by atoms with Gasteiger partial charge in [0, 0.05) is 11.8 Å². The van der Waals surface area contributed by atoms with Crippen LogP contribution in [0, 0.1) is 59.2 Å². The van der Waals surface area contributed by atoms with Gasteiger partial charge < -0.3 is 9.47 Å². The van der Waals surface area contributed by atoms with Crippen LogP contribution in [0.2, 0.25) is 0 Å². The molecular weight excluding hydrogens is 304 g/mol. The van der Waals surface area contributed by atoms with Crippen molar-refractivity contribution in [1.82, 2.24) is 0 Å². The van der Waals surface area contributed by atoms with Crippen molar-refractivity contribution in [1.29, 1.82) is 0 Å². The summed E-state index contributed by atoms with van der Waals surface area (Å²) >= 11 is 0. The van der Waals surface area contributed by atoms with Gasteiger partial charge in [0.1, 0.15) is 12.2 Å². The van der Waals surface area contributed by atoms with Crippen molar-refractivity contribution in [2.75, 3.05) is 0 Å². The minimum absolute atomic E-state index is 0.0610. The molecule has 0 N–H and O–H groups in total. The average molecular weight is 328 g/mol. The topological polar surface area (TPSA) is 52.6 Å². The molecular formula is C20H24O4. The summed E-state index contributed by atoms with van der Waals surface area (Å²) in [7, 11) is 0. The molecule has 7 aliphatic rings. The van der Waals surface area contributed by atoms with Crippen molar-refractivity contribution < 1.29 is 19.1 Å². The lowest BCUT2D eigenvalue weighted by Gasteiger charge is -2.53. The number of ether oxygens (including phenoxy) is 2. The van der Waals surface area contributed by atoms with E-state index in [0.29, 0.717) is 35.5 Å². The van der Waals surface area contributed by atoms with E-state index in [0.717, 1.165) is 24.7 Å². The lowest BCUT2D eigenvalue weighted by atomic mass is 9.54. The van der Waals surface area contributed by atoms with Crippen LogP contribution in [-0.2, 0) is 19.1 Å². The van der Waals surface area contributed by atoms with Crippen LogP contribution < -0.4 is 0 Å². The molecule has 2 heterocycles. The van der Waals surface area contributed by atoms with E-state index in [2.05, 4.69) is 0 Å². The molecule has 0 radical (unpaired) electrons. The largest absolute Gasteiger partial charge is 0.462 e. The van der Waals surface area contributed by atoms with Gasteiger partial charge in [0.05, 0.1) is 11.8 Å². The summed E-state index contributed by atoms with van der Waals surface area (Å²) in [5, 5.41) is 0. The van der Waals surface area contributed by atoms with E-state index in [4.69, 9.17) is 9.47 Å². The zero-order valence-electron chi connectivity index (χ0n) is 13.8. The monoisotopic (exact) mass is 328 g/mol. The van der Waals surface area contributed by atoms with E-state index < -0.39 is 0 Å². The minimum Gasteiger partial charge on any atom is -0.462 e. The van der Waals surface area contributed by atoms with E-state index in [-0.39, 0.29) is 36.0 Å². The van der Waals surface area contributed by atoms with Crippen LogP contribution in [0.4, 0.5) is 0 Å². The summed E-state index contributed by atoms with van der Waals surface area (Å²) in [4.78, 5) is 25.8. The maximum atomic E-state index is 12.9. The smallest absolute Gasteiger partial charge is 0.310 e. The third-order valence-electron chi connectivity index (χ3n) is 9.46. The molecule has 0 amide bonds. The first-order valence-corrected chi connectivity index (χ1v) is 10.1. The lowest BCUT2D eigenvalue weighted by Crippen LogP contribution is -2.59. The van der Waals surface area contributed by atoms with E-state index in [1.807, 2.05) is 0 Å². The minimum atomic E-state index is -0.187. The third kappa shape index (κ3) is 1.27. The number of hydrogen-bond acceptors (Lipinski definition) is 4. The predicted octanol–water partition coefficient (Wildman–Crippen LogP) is 2.41. The van der Waals surface area contributed by atoms with Gasteiger partial charge in [-0.2, -0.15) is 0 Å². The second kappa shape index (κ2) is 4.02. The Bertz CT molecular complexity index is 602. The van der Waals surface area contributed by atoms with Crippen LogP contribution in [0.5, 0.6) is 0 Å². The van der Waals surface area contributed by atoms with Crippen LogP contribution in [0.25, 0.3) is 0 Å². The SMILES string of the molecule is O=C1O[C@@H]2CC[C@@H]3C[C@@H]4C5CC6CCC7OC(=O)[C@@H](C5C67)C1[C@@H]4[C@@H]32. The summed E-state index contributed by atoms with van der Waals surface area (Å²) in [5.41, 5.74) is 0. The first kappa shape index (κ1) is 13.2. The Labute approximate surface area is 141 Å². The number of fused-ring (bicyclic) bond motifs is 2. The van der Waals surface area contributed by atoms with Crippen molar-refractivity contribution in [2.45, 2.75) is 50.7 Å². The van der Waals surface area contributed by atoms with Gasteiger partial charge in [-0.15, -0.1) is 0 Å². The molecule has 4 heteroatoms. The molecule has 0 bridgehead atoms. The molecule has 2 saturated heterocycles. The second-order valence-corrected chi connectivity index (χ2v) is 9.79. The second-order valence-electron chi connectivity index (χ2n) is 9.79. The molecule has 5 saturated carbocycles. The van der Waals surface area contributed by atoms with Gasteiger partial charge in [-0.05, 0) is 74.0 Å². The van der Waals surface area contributed by atoms with Gasteiger partial charge in [-0.3, -0.25) is 9.59 Å². The van der Waals surface area contributed by atoms with Crippen molar-refractivity contribution in [2.24, 2.45) is 59.2 Å². The van der Waals surface area contributed by atoms with Crippen LogP contribution in [0.15, 0.2) is 0 Å². The first-order chi connectivity index (χ1) is 11.7. The number of carbonyl (C=O) groups excluding carboxylic acids is 2. The molecule has 7 fully saturated rings. The molecule has 4 nitrogen and oxygen atoms in total. The lowest BCUT2D eigenvalue weighted by molar-refractivity contribution is -0.206. The molecule has 0 spiro atoms. The van der Waals surface area contributed by atoms with Crippen molar-refractivity contribution >= 4 is 11.9 Å². The van der Waals surface area contributed by atoms with E-state index in [1.54, 1.807) is 0 Å². The molecule has 6 unspecified atom stereocenters. The fraction of sp³-hybridized carbons (Fsp3) is 0.900. The summed E-state index contributed by atoms with van der Waals surface area (Å²) in [6, 6.07) is 0. The highest BCUT2D eigenvalue weighted by Gasteiger charge is 2.72. The molecule has 12 atom stereocenters. The fourth-order valence-corrected chi connectivity index (χ4v) is 9.14. The van der Waals surface area contributed by atoms with Crippen molar-refractivity contribution in [3.05, 3.63) is 0 Å². The normalized spacial score (nSPS) is 64.5. The maximum absolute atomic E-state index is 12.9. The van der Waals surface area contributed by atoms with Gasteiger partial charge >= 0.3 is 11.9 Å². The molecule has 0 aromatic rings. The van der Waals surface area contributed by atoms with Crippen LogP contribution in [0.1, 0.15) is 38.5 Å². The zero-order valence-corrected chi connectivity index (χ0v) is 13.8. The van der Waals surface area contributed by atoms with E-state index >= 15 is 0 Å². The van der Waals surface area contributed by atoms with Crippen LogP contribution in [0.3, 0.4) is 0 Å². The Kier molecular flexibility index (Phi) is 2.21. The van der Waals surface area contributed by atoms with Crippen molar-refractivity contribution in [3.8, 4) is 0 Å². The van der Waals surface area contributed by atoms with Crippen LogP contribution >= 0.6 is 0 Å². The average Bonchev–Trinajstić information content (AvgIpc) is 3.27. The highest BCUT2D eigenvalue weighted by atomic mass is 16.6. The Morgan fingerprint density at radius 3 is 1.54 bits per heavy atom. The molecule has 0 aromatic heterocycles. The molecule has 7 rings (SSSR count). The van der Waals surface area contributed by atoms with E-state index in [1.165, 1.54) is 25.7 Å². The van der Waals surface area contributed by atoms with E-state index in [9.17, 15) is 9.59 Å². The maximum Gasteiger partial charge on any atom is 0.310 e. The number of carbonyl (C=O) groups is 2. The molecule has 128 valence electrons. The Morgan fingerprint density at radius 1 is 0.625 bits per heavy atom. The summed E-state index contributed by atoms with van der Waals surface area (Å²) in [6.07, 6.45) is 7.45. The highest BCUT2D eigenvalue weighted by Crippen LogP contribution is 2.71. The summed E-state index contributed by atoms with van der Waals surface area (Å²) < 4.78 is 11.8. The number of rotatable bonds is 0. The molecule has 0 aromatic carbocycles. The standard InChI is InChI=1S/C20H24O4/c21-19-17-15-9(5-7-1-3-11(23-19)13(7)15)10-6-8-2-4-12-14(8)16(10)18(17)20(22)24-12/h7-18H,1-6H2/t7-,8?,9-,10?,11-,12?,13+,14?,15+,16?,17?,18+/m1/s1. The molecule has 5 aliphatic carbocycles. The quantitative estimate of drug-likeness (QED) is 0.641. The Morgan fingerprint density at radius 2 is 1.08 bits per heavy atom. The highest BCUT2D eigenvalue weighted by molar-refractivity contribution is 5.84. The molecule has 24 heavy (non-hydrogen) atoms. The van der Waals surface area contributed by atoms with Gasteiger partial charge in [0.25, 0.3) is 0 Å². The predicted molar refractivity (Wildman–Crippen MR) is 82.4 cm³/mol. The number of hydrogen-bond donors (Lipinski definition) is 0. The first-order valence-electron chi connectivity index (χ1n) is 10.1. The number of esters is 2. The zero-order chi connectivity index (χ0) is 15.7. The summed E-state index contributed by atoms with van der Waals surface area (Å²) in [6.45, 7) is 0. The Hall–Kier alpha value is -1.06. The third-order valence-corrected chi connectivity index (χ3v) is 9.46. The van der Waals surface area contributed by atoms with Crippen LogP contribution in [-0.4, -0.2) is 24.1 Å². The summed E-state index contributed by atoms with van der Waals surface area (Å²) in [5.74, 6) is 4.27. The van der Waals surface area contributed by atoms with Crippen molar-refractivity contribution in [3.63, 3.8) is 0 Å². The Balaban J connectivity index is 1.40. The van der Waals surface area contributed by atoms with Gasteiger partial charge in [0.15, 0.2) is 0 Å². The fourth-order valence-electron chi connectivity index (χ4n) is 9.14. The van der Waals surface area contributed by atoms with Gasteiger partial charge in [0.2, 0.25) is 0 Å². The van der Waals surface area contributed by atoms with Gasteiger partial charge in [-0.25, -0.2) is 0 Å². The van der Waals surface area contributed by atoms with Gasteiger partial charge in [-0.1, -0.05) is 0 Å².